The molecular weight excluding hydrogens is 362 g/mol. The molecule has 2 fully saturated rings. The highest BCUT2D eigenvalue weighted by molar-refractivity contribution is 8.15. The third kappa shape index (κ3) is 4.04. The summed E-state index contributed by atoms with van der Waals surface area (Å²) < 4.78 is 0. The molecule has 3 amide bonds. The highest BCUT2D eigenvalue weighted by Gasteiger charge is 2.33. The lowest BCUT2D eigenvalue weighted by Gasteiger charge is -2.33. The van der Waals surface area contributed by atoms with E-state index in [-0.39, 0.29) is 22.3 Å². The van der Waals surface area contributed by atoms with Crippen LogP contribution < -0.4 is 15.5 Å². The number of rotatable bonds is 5. The number of anilines is 1. The monoisotopic (exact) mass is 387 g/mol. The lowest BCUT2D eigenvalue weighted by Crippen LogP contribution is -2.38. The average Bonchev–Trinajstić information content (AvgIpc) is 2.99. The number of hydrogen-bond acceptors (Lipinski definition) is 5. The number of fused-ring (bicyclic) bond motifs is 1. The first kappa shape index (κ1) is 18.5. The van der Waals surface area contributed by atoms with Crippen LogP contribution in [0.15, 0.2) is 18.2 Å². The fourth-order valence-electron chi connectivity index (χ4n) is 4.31. The maximum Gasteiger partial charge on any atom is 0.286 e. The van der Waals surface area contributed by atoms with Gasteiger partial charge in [-0.3, -0.25) is 19.7 Å². The van der Waals surface area contributed by atoms with Crippen molar-refractivity contribution in [3.8, 4) is 0 Å². The van der Waals surface area contributed by atoms with E-state index in [1.165, 1.54) is 12.8 Å². The molecule has 0 aromatic heterocycles. The second kappa shape index (κ2) is 8.02. The standard InChI is InChI=1S/C20H25N3O3S/c24-18-5-4-15-14(12-17-19(25)22-20(26)27-17)2-1-3-16(15)23(18)11-8-13-6-9-21-10-7-13/h1-3,13,17,21H,4-12H2,(H,22,25,26). The summed E-state index contributed by atoms with van der Waals surface area (Å²) in [6, 6.07) is 6.01. The van der Waals surface area contributed by atoms with E-state index >= 15 is 0 Å². The van der Waals surface area contributed by atoms with Gasteiger partial charge in [0.25, 0.3) is 5.24 Å². The predicted molar refractivity (Wildman–Crippen MR) is 106 cm³/mol. The summed E-state index contributed by atoms with van der Waals surface area (Å²) in [5.74, 6) is 0.659. The quantitative estimate of drug-likeness (QED) is 0.810. The van der Waals surface area contributed by atoms with Crippen LogP contribution in [0.5, 0.6) is 0 Å². The van der Waals surface area contributed by atoms with Crippen LogP contribution in [0.3, 0.4) is 0 Å². The van der Waals surface area contributed by atoms with Gasteiger partial charge in [0.05, 0.1) is 5.25 Å². The lowest BCUT2D eigenvalue weighted by molar-refractivity contribution is -0.119. The van der Waals surface area contributed by atoms with Gasteiger partial charge in [-0.05, 0) is 68.3 Å². The minimum absolute atomic E-state index is 0.191. The largest absolute Gasteiger partial charge is 0.317 e. The van der Waals surface area contributed by atoms with Crippen molar-refractivity contribution in [1.82, 2.24) is 10.6 Å². The second-order valence-electron chi connectivity index (χ2n) is 7.53. The molecule has 0 aliphatic carbocycles. The molecule has 2 N–H and O–H groups in total. The van der Waals surface area contributed by atoms with Crippen LogP contribution in [0, 0.1) is 5.92 Å². The van der Waals surface area contributed by atoms with Crippen LogP contribution >= 0.6 is 11.8 Å². The van der Waals surface area contributed by atoms with Gasteiger partial charge in [0, 0.05) is 18.7 Å². The van der Waals surface area contributed by atoms with E-state index in [0.717, 1.165) is 54.6 Å². The molecule has 4 rings (SSSR count). The molecule has 1 aromatic carbocycles. The Morgan fingerprint density at radius 1 is 1.11 bits per heavy atom. The van der Waals surface area contributed by atoms with E-state index in [2.05, 4.69) is 10.6 Å². The van der Waals surface area contributed by atoms with Crippen LogP contribution in [-0.4, -0.2) is 41.9 Å². The topological polar surface area (TPSA) is 78.5 Å². The molecule has 144 valence electrons. The highest BCUT2D eigenvalue weighted by Crippen LogP contribution is 2.34. The molecule has 6 nitrogen and oxygen atoms in total. The van der Waals surface area contributed by atoms with Gasteiger partial charge < -0.3 is 10.2 Å². The van der Waals surface area contributed by atoms with E-state index in [1.54, 1.807) is 0 Å². The Kier molecular flexibility index (Phi) is 5.50. The summed E-state index contributed by atoms with van der Waals surface area (Å²) in [5.41, 5.74) is 3.23. The molecule has 0 saturated carbocycles. The minimum Gasteiger partial charge on any atom is -0.317 e. The zero-order valence-corrected chi connectivity index (χ0v) is 16.1. The maximum absolute atomic E-state index is 12.6. The van der Waals surface area contributed by atoms with E-state index in [4.69, 9.17) is 0 Å². The molecule has 2 saturated heterocycles. The van der Waals surface area contributed by atoms with Gasteiger partial charge in [-0.1, -0.05) is 23.9 Å². The molecule has 0 spiro atoms. The molecule has 1 unspecified atom stereocenters. The maximum atomic E-state index is 12.6. The zero-order valence-electron chi connectivity index (χ0n) is 15.3. The fraction of sp³-hybridized carbons (Fsp3) is 0.550. The summed E-state index contributed by atoms with van der Waals surface area (Å²) in [7, 11) is 0. The number of carbonyl (C=O) groups is 3. The molecule has 1 aromatic rings. The van der Waals surface area contributed by atoms with E-state index in [0.29, 0.717) is 25.2 Å². The number of piperidine rings is 1. The third-order valence-electron chi connectivity index (χ3n) is 5.82. The molecule has 1 atom stereocenters. The van der Waals surface area contributed by atoms with Crippen molar-refractivity contribution in [2.24, 2.45) is 5.92 Å². The fourth-order valence-corrected chi connectivity index (χ4v) is 5.16. The Morgan fingerprint density at radius 2 is 1.93 bits per heavy atom. The number of nitrogens with zero attached hydrogens (tertiary/aromatic N) is 1. The van der Waals surface area contributed by atoms with Crippen molar-refractivity contribution in [1.29, 1.82) is 0 Å². The summed E-state index contributed by atoms with van der Waals surface area (Å²) in [6.07, 6.45) is 5.14. The van der Waals surface area contributed by atoms with Gasteiger partial charge in [-0.15, -0.1) is 0 Å². The van der Waals surface area contributed by atoms with E-state index in [9.17, 15) is 14.4 Å². The first-order chi connectivity index (χ1) is 13.1. The van der Waals surface area contributed by atoms with Gasteiger partial charge >= 0.3 is 0 Å². The minimum atomic E-state index is -0.371. The molecule has 0 radical (unpaired) electrons. The summed E-state index contributed by atoms with van der Waals surface area (Å²) in [4.78, 5) is 37.9. The molecular formula is C20H25N3O3S. The van der Waals surface area contributed by atoms with Gasteiger partial charge in [0.15, 0.2) is 0 Å². The third-order valence-corrected chi connectivity index (χ3v) is 6.80. The number of carbonyl (C=O) groups excluding carboxylic acids is 3. The van der Waals surface area contributed by atoms with Crippen LogP contribution in [0.1, 0.15) is 36.8 Å². The van der Waals surface area contributed by atoms with Crippen molar-refractivity contribution in [3.63, 3.8) is 0 Å². The normalized spacial score (nSPS) is 23.5. The first-order valence-electron chi connectivity index (χ1n) is 9.75. The van der Waals surface area contributed by atoms with Crippen LogP contribution in [0.2, 0.25) is 0 Å². The Labute approximate surface area is 163 Å². The number of benzene rings is 1. The second-order valence-corrected chi connectivity index (χ2v) is 8.71. The van der Waals surface area contributed by atoms with Crippen molar-refractivity contribution in [2.45, 2.75) is 43.8 Å². The number of hydrogen-bond donors (Lipinski definition) is 2. The van der Waals surface area contributed by atoms with Crippen LogP contribution in [0.25, 0.3) is 0 Å². The van der Waals surface area contributed by atoms with Crippen LogP contribution in [-0.2, 0) is 22.4 Å². The summed E-state index contributed by atoms with van der Waals surface area (Å²) in [6.45, 7) is 2.90. The summed E-state index contributed by atoms with van der Waals surface area (Å²) in [5, 5.41) is 5.10. The van der Waals surface area contributed by atoms with E-state index in [1.807, 2.05) is 23.1 Å². The van der Waals surface area contributed by atoms with Gasteiger partial charge in [-0.25, -0.2) is 0 Å². The molecule has 7 heteroatoms. The number of imide groups is 1. The molecule has 27 heavy (non-hydrogen) atoms. The number of thioether (sulfide) groups is 1. The SMILES string of the molecule is O=C1NC(=O)C(Cc2cccc3c2CCC(=O)N3CCC2CCNCC2)S1. The molecule has 3 aliphatic heterocycles. The Morgan fingerprint density at radius 3 is 2.67 bits per heavy atom. The Balaban J connectivity index is 1.50. The number of nitrogens with one attached hydrogen (secondary N) is 2. The van der Waals surface area contributed by atoms with Crippen LogP contribution in [0.4, 0.5) is 10.5 Å². The molecule has 3 heterocycles. The predicted octanol–water partition coefficient (Wildman–Crippen LogP) is 2.25. The van der Waals surface area contributed by atoms with Crippen molar-refractivity contribution < 1.29 is 14.4 Å². The lowest BCUT2D eigenvalue weighted by atomic mass is 9.91. The smallest absolute Gasteiger partial charge is 0.286 e. The molecule has 0 bridgehead atoms. The number of amides is 3. The average molecular weight is 388 g/mol. The van der Waals surface area contributed by atoms with Crippen molar-refractivity contribution in [2.75, 3.05) is 24.5 Å². The van der Waals surface area contributed by atoms with Gasteiger partial charge in [0.2, 0.25) is 11.8 Å². The van der Waals surface area contributed by atoms with Gasteiger partial charge in [0.1, 0.15) is 0 Å². The Bertz CT molecular complexity index is 761. The summed E-state index contributed by atoms with van der Waals surface area (Å²) >= 11 is 1.06. The van der Waals surface area contributed by atoms with Gasteiger partial charge in [-0.2, -0.15) is 0 Å². The highest BCUT2D eigenvalue weighted by atomic mass is 32.2. The first-order valence-corrected chi connectivity index (χ1v) is 10.6. The van der Waals surface area contributed by atoms with E-state index < -0.39 is 0 Å². The molecule has 3 aliphatic rings. The zero-order chi connectivity index (χ0) is 18.8. The van der Waals surface area contributed by atoms with Crippen molar-refractivity contribution in [3.05, 3.63) is 29.3 Å². The van der Waals surface area contributed by atoms with Crippen molar-refractivity contribution >= 4 is 34.5 Å². The Hall–Kier alpha value is -1.86.